The van der Waals surface area contributed by atoms with Gasteiger partial charge in [0.25, 0.3) is 5.17 Å². The van der Waals surface area contributed by atoms with Gasteiger partial charge in [0.1, 0.15) is 17.2 Å². The molecule has 132 valence electrons. The lowest BCUT2D eigenvalue weighted by Crippen LogP contribution is -2.32. The summed E-state index contributed by atoms with van der Waals surface area (Å²) in [6.45, 7) is 5.60. The number of hydrogen-bond acceptors (Lipinski definition) is 5. The highest BCUT2D eigenvalue weighted by Gasteiger charge is 2.10. The van der Waals surface area contributed by atoms with E-state index in [9.17, 15) is 4.79 Å². The molecule has 0 aliphatic heterocycles. The standard InChI is InChI=1S/C19H21NO4S/c1-4-20(5-2)19(25)24-17-12-10-16(11-13-17)23-18(21)14-6-8-15(22-3)9-7-14/h6-13H,4-5H2,1-3H3. The third-order valence-corrected chi connectivity index (χ3v) is 3.93. The minimum Gasteiger partial charge on any atom is -0.497 e. The van der Waals surface area contributed by atoms with E-state index >= 15 is 0 Å². The second kappa shape index (κ2) is 9.03. The van der Waals surface area contributed by atoms with E-state index in [1.54, 1.807) is 55.6 Å². The Bertz CT molecular complexity index is 709. The van der Waals surface area contributed by atoms with Crippen molar-refractivity contribution in [2.75, 3.05) is 20.2 Å². The van der Waals surface area contributed by atoms with Crippen LogP contribution in [0.25, 0.3) is 0 Å². The van der Waals surface area contributed by atoms with Crippen molar-refractivity contribution in [1.29, 1.82) is 0 Å². The first-order chi connectivity index (χ1) is 12.1. The van der Waals surface area contributed by atoms with Gasteiger partial charge in [-0.2, -0.15) is 0 Å². The fraction of sp³-hybridized carbons (Fsp3) is 0.263. The summed E-state index contributed by atoms with van der Waals surface area (Å²) in [6.07, 6.45) is 0. The molecule has 0 atom stereocenters. The van der Waals surface area contributed by atoms with Crippen molar-refractivity contribution in [3.8, 4) is 17.2 Å². The van der Waals surface area contributed by atoms with Gasteiger partial charge in [0.05, 0.1) is 12.7 Å². The van der Waals surface area contributed by atoms with E-state index in [1.165, 1.54) is 0 Å². The first kappa shape index (κ1) is 18.7. The average molecular weight is 359 g/mol. The Morgan fingerprint density at radius 1 is 0.880 bits per heavy atom. The highest BCUT2D eigenvalue weighted by atomic mass is 32.1. The van der Waals surface area contributed by atoms with Gasteiger partial charge >= 0.3 is 5.97 Å². The average Bonchev–Trinajstić information content (AvgIpc) is 2.64. The van der Waals surface area contributed by atoms with Crippen LogP contribution in [-0.4, -0.2) is 36.2 Å². The van der Waals surface area contributed by atoms with E-state index in [-0.39, 0.29) is 0 Å². The van der Waals surface area contributed by atoms with E-state index in [0.29, 0.717) is 28.0 Å². The number of methoxy groups -OCH3 is 1. The third-order valence-electron chi connectivity index (χ3n) is 3.59. The first-order valence-corrected chi connectivity index (χ1v) is 8.41. The lowest BCUT2D eigenvalue weighted by Gasteiger charge is -2.21. The van der Waals surface area contributed by atoms with E-state index in [2.05, 4.69) is 0 Å². The molecule has 0 aliphatic carbocycles. The molecule has 2 aromatic rings. The summed E-state index contributed by atoms with van der Waals surface area (Å²) in [4.78, 5) is 14.1. The molecular formula is C19H21NO4S. The molecule has 0 fully saturated rings. The van der Waals surface area contributed by atoms with Gasteiger partial charge in [0.2, 0.25) is 0 Å². The minimum absolute atomic E-state index is 0.424. The van der Waals surface area contributed by atoms with Crippen LogP contribution in [0.5, 0.6) is 17.2 Å². The SMILES string of the molecule is CCN(CC)C(=S)Oc1ccc(OC(=O)c2ccc(OC)cc2)cc1. The fourth-order valence-electron chi connectivity index (χ4n) is 2.12. The molecule has 0 aliphatic rings. The molecule has 25 heavy (non-hydrogen) atoms. The zero-order valence-corrected chi connectivity index (χ0v) is 15.3. The maximum atomic E-state index is 12.1. The quantitative estimate of drug-likeness (QED) is 0.443. The molecule has 0 bridgehead atoms. The van der Waals surface area contributed by atoms with E-state index in [4.69, 9.17) is 26.4 Å². The Kier molecular flexibility index (Phi) is 6.77. The van der Waals surface area contributed by atoms with Crippen LogP contribution in [0.15, 0.2) is 48.5 Å². The second-order valence-electron chi connectivity index (χ2n) is 5.13. The number of nitrogens with zero attached hydrogens (tertiary/aromatic N) is 1. The topological polar surface area (TPSA) is 48.0 Å². The largest absolute Gasteiger partial charge is 0.497 e. The highest BCUT2D eigenvalue weighted by Crippen LogP contribution is 2.20. The smallest absolute Gasteiger partial charge is 0.343 e. The normalized spacial score (nSPS) is 10.0. The predicted octanol–water partition coefficient (Wildman–Crippen LogP) is 3.92. The van der Waals surface area contributed by atoms with Crippen LogP contribution in [0.4, 0.5) is 0 Å². The molecule has 0 amide bonds. The Morgan fingerprint density at radius 2 is 1.36 bits per heavy atom. The van der Waals surface area contributed by atoms with Crippen molar-refractivity contribution >= 4 is 23.4 Å². The molecule has 0 N–H and O–H groups in total. The Hall–Kier alpha value is -2.60. The summed E-state index contributed by atoms with van der Waals surface area (Å²) < 4.78 is 16.0. The summed E-state index contributed by atoms with van der Waals surface area (Å²) in [5, 5.41) is 0.424. The number of benzene rings is 2. The Morgan fingerprint density at radius 3 is 1.84 bits per heavy atom. The number of carbonyl (C=O) groups excluding carboxylic acids is 1. The summed E-state index contributed by atoms with van der Waals surface area (Å²) in [5.41, 5.74) is 0.448. The molecule has 0 heterocycles. The van der Waals surface area contributed by atoms with Crippen LogP contribution in [0.1, 0.15) is 24.2 Å². The summed E-state index contributed by atoms with van der Waals surface area (Å²) >= 11 is 5.25. The third kappa shape index (κ3) is 5.19. The lowest BCUT2D eigenvalue weighted by atomic mass is 10.2. The number of carbonyl (C=O) groups is 1. The zero-order valence-electron chi connectivity index (χ0n) is 14.5. The van der Waals surface area contributed by atoms with E-state index < -0.39 is 5.97 Å². The van der Waals surface area contributed by atoms with Gasteiger partial charge in [-0.15, -0.1) is 0 Å². The van der Waals surface area contributed by atoms with Crippen molar-refractivity contribution in [2.24, 2.45) is 0 Å². The van der Waals surface area contributed by atoms with Crippen molar-refractivity contribution in [3.05, 3.63) is 54.1 Å². The molecule has 0 unspecified atom stereocenters. The van der Waals surface area contributed by atoms with Crippen LogP contribution >= 0.6 is 12.2 Å². The molecule has 2 aromatic carbocycles. The molecule has 5 nitrogen and oxygen atoms in total. The predicted molar refractivity (Wildman–Crippen MR) is 101 cm³/mol. The summed E-state index contributed by atoms with van der Waals surface area (Å²) in [6, 6.07) is 13.5. The number of ether oxygens (including phenoxy) is 3. The summed E-state index contributed by atoms with van der Waals surface area (Å²) in [5.74, 6) is 1.28. The summed E-state index contributed by atoms with van der Waals surface area (Å²) in [7, 11) is 1.57. The van der Waals surface area contributed by atoms with Gasteiger partial charge in [0.15, 0.2) is 0 Å². The van der Waals surface area contributed by atoms with E-state index in [0.717, 1.165) is 13.1 Å². The van der Waals surface area contributed by atoms with Crippen molar-refractivity contribution in [3.63, 3.8) is 0 Å². The van der Waals surface area contributed by atoms with Crippen LogP contribution in [0.2, 0.25) is 0 Å². The number of rotatable bonds is 6. The molecule has 6 heteroatoms. The molecular weight excluding hydrogens is 338 g/mol. The van der Waals surface area contributed by atoms with Crippen LogP contribution in [0, 0.1) is 0 Å². The molecule has 0 aromatic heterocycles. The molecule has 0 saturated carbocycles. The fourth-order valence-corrected chi connectivity index (χ4v) is 2.47. The highest BCUT2D eigenvalue weighted by molar-refractivity contribution is 7.80. The van der Waals surface area contributed by atoms with E-state index in [1.807, 2.05) is 18.7 Å². The van der Waals surface area contributed by atoms with Gasteiger partial charge in [-0.05, 0) is 74.6 Å². The van der Waals surface area contributed by atoms with Gasteiger partial charge in [0, 0.05) is 13.1 Å². The van der Waals surface area contributed by atoms with Crippen LogP contribution in [0.3, 0.4) is 0 Å². The Balaban J connectivity index is 1.97. The van der Waals surface area contributed by atoms with Crippen molar-refractivity contribution in [1.82, 2.24) is 4.90 Å². The monoisotopic (exact) mass is 359 g/mol. The first-order valence-electron chi connectivity index (χ1n) is 8.00. The van der Waals surface area contributed by atoms with Crippen molar-refractivity contribution < 1.29 is 19.0 Å². The lowest BCUT2D eigenvalue weighted by molar-refractivity contribution is 0.0734. The molecule has 0 radical (unpaired) electrons. The van der Waals surface area contributed by atoms with Gasteiger partial charge in [-0.1, -0.05) is 0 Å². The van der Waals surface area contributed by atoms with Gasteiger partial charge in [-0.3, -0.25) is 0 Å². The number of hydrogen-bond donors (Lipinski definition) is 0. The second-order valence-corrected chi connectivity index (χ2v) is 5.48. The van der Waals surface area contributed by atoms with Gasteiger partial charge < -0.3 is 19.1 Å². The Labute approximate surface area is 153 Å². The maximum absolute atomic E-state index is 12.1. The van der Waals surface area contributed by atoms with Crippen LogP contribution < -0.4 is 14.2 Å². The minimum atomic E-state index is -0.435. The van der Waals surface area contributed by atoms with Gasteiger partial charge in [-0.25, -0.2) is 4.79 Å². The zero-order chi connectivity index (χ0) is 18.2. The molecule has 0 spiro atoms. The molecule has 0 saturated heterocycles. The maximum Gasteiger partial charge on any atom is 0.343 e. The number of thiocarbonyl (C=S) groups is 1. The van der Waals surface area contributed by atoms with Crippen molar-refractivity contribution in [2.45, 2.75) is 13.8 Å². The number of esters is 1. The molecule has 2 rings (SSSR count). The van der Waals surface area contributed by atoms with Crippen LogP contribution in [-0.2, 0) is 0 Å².